The highest BCUT2D eigenvalue weighted by Crippen LogP contribution is 2.44. The Morgan fingerprint density at radius 3 is 2.75 bits per heavy atom. The molecule has 2 N–H and O–H groups in total. The summed E-state index contributed by atoms with van der Waals surface area (Å²) in [6.07, 6.45) is 3.98. The molecule has 1 saturated heterocycles. The van der Waals surface area contributed by atoms with Crippen LogP contribution in [0.4, 0.5) is 0 Å². The van der Waals surface area contributed by atoms with E-state index in [-0.39, 0.29) is 0 Å². The second-order valence-electron chi connectivity index (χ2n) is 5.48. The topological polar surface area (TPSA) is 36.4 Å². The van der Waals surface area contributed by atoms with E-state index in [1.54, 1.807) is 0 Å². The molecule has 0 aromatic carbocycles. The summed E-state index contributed by atoms with van der Waals surface area (Å²) in [6.45, 7) is 5.65. The Labute approximate surface area is 103 Å². The van der Waals surface area contributed by atoms with Crippen molar-refractivity contribution in [3.8, 4) is 0 Å². The first kappa shape index (κ1) is 12.1. The van der Waals surface area contributed by atoms with Crippen molar-refractivity contribution in [2.75, 3.05) is 19.3 Å². The minimum atomic E-state index is 0.458. The molecule has 4 heteroatoms. The normalized spacial score (nSPS) is 32.6. The first-order chi connectivity index (χ1) is 7.62. The average Bonchev–Trinajstić information content (AvgIpc) is 2.71. The second kappa shape index (κ2) is 4.86. The van der Waals surface area contributed by atoms with Gasteiger partial charge in [-0.25, -0.2) is 0 Å². The predicted octanol–water partition coefficient (Wildman–Crippen LogP) is 1.85. The van der Waals surface area contributed by atoms with E-state index >= 15 is 0 Å². The highest BCUT2D eigenvalue weighted by atomic mass is 32.2. The fourth-order valence-electron chi connectivity index (χ4n) is 2.09. The molecule has 0 amide bonds. The zero-order chi connectivity index (χ0) is 11.6. The summed E-state index contributed by atoms with van der Waals surface area (Å²) in [5, 5.41) is 7.71. The van der Waals surface area contributed by atoms with Crippen LogP contribution in [-0.2, 0) is 0 Å². The van der Waals surface area contributed by atoms with Crippen molar-refractivity contribution in [2.45, 2.75) is 44.4 Å². The van der Waals surface area contributed by atoms with Crippen LogP contribution in [0.3, 0.4) is 0 Å². The molecule has 3 nitrogen and oxygen atoms in total. The van der Waals surface area contributed by atoms with E-state index < -0.39 is 0 Å². The van der Waals surface area contributed by atoms with E-state index in [2.05, 4.69) is 41.2 Å². The van der Waals surface area contributed by atoms with Gasteiger partial charge in [0.15, 0.2) is 5.96 Å². The maximum Gasteiger partial charge on any atom is 0.191 e. The molecule has 2 unspecified atom stereocenters. The van der Waals surface area contributed by atoms with E-state index in [9.17, 15) is 0 Å². The molecular formula is C12H23N3S. The monoisotopic (exact) mass is 241 g/mol. The standard InChI is InChI=1S/C12H23N3S/c1-12(2)7-10(12)15-11(13-3)14-8-9-5-4-6-16-9/h9-10H,4-8H2,1-3H3,(H2,13,14,15). The Balaban J connectivity index is 1.70. The Kier molecular flexibility index (Phi) is 3.67. The lowest BCUT2D eigenvalue weighted by Crippen LogP contribution is -2.42. The molecule has 2 fully saturated rings. The van der Waals surface area contributed by atoms with Gasteiger partial charge in [0.25, 0.3) is 0 Å². The molecule has 0 aromatic heterocycles. The van der Waals surface area contributed by atoms with Crippen molar-refractivity contribution in [2.24, 2.45) is 10.4 Å². The van der Waals surface area contributed by atoms with Crippen molar-refractivity contribution in [3.63, 3.8) is 0 Å². The van der Waals surface area contributed by atoms with Gasteiger partial charge >= 0.3 is 0 Å². The predicted molar refractivity (Wildman–Crippen MR) is 72.2 cm³/mol. The molecular weight excluding hydrogens is 218 g/mol. The van der Waals surface area contributed by atoms with Crippen molar-refractivity contribution in [3.05, 3.63) is 0 Å². The first-order valence-electron chi connectivity index (χ1n) is 6.20. The molecule has 1 heterocycles. The molecule has 2 rings (SSSR count). The Bertz CT molecular complexity index is 269. The number of nitrogens with zero attached hydrogens (tertiary/aromatic N) is 1. The smallest absolute Gasteiger partial charge is 0.191 e. The van der Waals surface area contributed by atoms with Gasteiger partial charge in [0.05, 0.1) is 0 Å². The fraction of sp³-hybridized carbons (Fsp3) is 0.917. The summed E-state index contributed by atoms with van der Waals surface area (Å²) < 4.78 is 0. The van der Waals surface area contributed by atoms with Gasteiger partial charge in [-0.15, -0.1) is 0 Å². The van der Waals surface area contributed by atoms with Crippen LogP contribution in [0, 0.1) is 5.41 Å². The number of hydrogen-bond donors (Lipinski definition) is 2. The number of hydrogen-bond acceptors (Lipinski definition) is 2. The summed E-state index contributed by atoms with van der Waals surface area (Å²) in [4.78, 5) is 4.28. The van der Waals surface area contributed by atoms with Gasteiger partial charge in [-0.1, -0.05) is 13.8 Å². The van der Waals surface area contributed by atoms with Gasteiger partial charge < -0.3 is 10.6 Å². The van der Waals surface area contributed by atoms with Crippen molar-refractivity contribution >= 4 is 17.7 Å². The third-order valence-electron chi connectivity index (χ3n) is 3.57. The summed E-state index contributed by atoms with van der Waals surface area (Å²) in [6, 6.07) is 0.606. The maximum absolute atomic E-state index is 4.28. The molecule has 92 valence electrons. The SMILES string of the molecule is CN=C(NCC1CCCS1)NC1CC1(C)C. The Morgan fingerprint density at radius 2 is 2.25 bits per heavy atom. The number of nitrogens with one attached hydrogen (secondary N) is 2. The van der Waals surface area contributed by atoms with Gasteiger partial charge in [-0.2, -0.15) is 11.8 Å². The number of thioether (sulfide) groups is 1. The molecule has 0 bridgehead atoms. The largest absolute Gasteiger partial charge is 0.355 e. The Morgan fingerprint density at radius 1 is 1.50 bits per heavy atom. The van der Waals surface area contributed by atoms with Crippen LogP contribution in [0.15, 0.2) is 4.99 Å². The highest BCUT2D eigenvalue weighted by Gasteiger charge is 2.46. The highest BCUT2D eigenvalue weighted by molar-refractivity contribution is 8.00. The summed E-state index contributed by atoms with van der Waals surface area (Å²) >= 11 is 2.08. The second-order valence-corrected chi connectivity index (χ2v) is 6.89. The van der Waals surface area contributed by atoms with E-state index in [4.69, 9.17) is 0 Å². The zero-order valence-corrected chi connectivity index (χ0v) is 11.4. The third-order valence-corrected chi connectivity index (χ3v) is 4.97. The van der Waals surface area contributed by atoms with Crippen molar-refractivity contribution in [1.29, 1.82) is 0 Å². The molecule has 1 saturated carbocycles. The lowest BCUT2D eigenvalue weighted by atomic mass is 10.2. The van der Waals surface area contributed by atoms with Gasteiger partial charge in [0.1, 0.15) is 0 Å². The average molecular weight is 241 g/mol. The number of guanidine groups is 1. The minimum Gasteiger partial charge on any atom is -0.355 e. The molecule has 0 spiro atoms. The number of aliphatic imine (C=N–C) groups is 1. The van der Waals surface area contributed by atoms with Crippen LogP contribution in [0.5, 0.6) is 0 Å². The van der Waals surface area contributed by atoms with Crippen molar-refractivity contribution in [1.82, 2.24) is 10.6 Å². The third kappa shape index (κ3) is 3.06. The van der Waals surface area contributed by atoms with E-state index in [0.29, 0.717) is 11.5 Å². The van der Waals surface area contributed by atoms with Crippen molar-refractivity contribution < 1.29 is 0 Å². The van der Waals surface area contributed by atoms with Gasteiger partial charge in [0.2, 0.25) is 0 Å². The van der Waals surface area contributed by atoms with E-state index in [1.165, 1.54) is 25.0 Å². The molecule has 0 radical (unpaired) electrons. The number of rotatable bonds is 3. The van der Waals surface area contributed by atoms with E-state index in [0.717, 1.165) is 17.8 Å². The van der Waals surface area contributed by atoms with Crippen LogP contribution in [-0.4, -0.2) is 36.6 Å². The van der Waals surface area contributed by atoms with E-state index in [1.807, 2.05) is 7.05 Å². The minimum absolute atomic E-state index is 0.458. The van der Waals surface area contributed by atoms with Crippen LogP contribution >= 0.6 is 11.8 Å². The summed E-state index contributed by atoms with van der Waals surface area (Å²) in [5.74, 6) is 2.30. The molecule has 0 aromatic rings. The molecule has 1 aliphatic carbocycles. The molecule has 2 atom stereocenters. The lowest BCUT2D eigenvalue weighted by Gasteiger charge is -2.15. The molecule has 1 aliphatic heterocycles. The summed E-state index contributed by atoms with van der Waals surface area (Å²) in [5.41, 5.74) is 0.458. The quantitative estimate of drug-likeness (QED) is 0.585. The van der Waals surface area contributed by atoms with Gasteiger partial charge in [0, 0.05) is 24.9 Å². The fourth-order valence-corrected chi connectivity index (χ4v) is 3.29. The molecule has 16 heavy (non-hydrogen) atoms. The summed E-state index contributed by atoms with van der Waals surface area (Å²) in [7, 11) is 1.85. The Hall–Kier alpha value is -0.380. The van der Waals surface area contributed by atoms with Crippen LogP contribution in [0.1, 0.15) is 33.1 Å². The first-order valence-corrected chi connectivity index (χ1v) is 7.25. The van der Waals surface area contributed by atoms with Gasteiger partial charge in [-0.05, 0) is 30.4 Å². The molecule has 2 aliphatic rings. The van der Waals surface area contributed by atoms with Crippen LogP contribution < -0.4 is 10.6 Å². The van der Waals surface area contributed by atoms with Crippen LogP contribution in [0.2, 0.25) is 0 Å². The lowest BCUT2D eigenvalue weighted by molar-refractivity contribution is 0.588. The van der Waals surface area contributed by atoms with Crippen LogP contribution in [0.25, 0.3) is 0 Å². The zero-order valence-electron chi connectivity index (χ0n) is 10.5. The van der Waals surface area contributed by atoms with Gasteiger partial charge in [-0.3, -0.25) is 4.99 Å². The maximum atomic E-state index is 4.28.